The van der Waals surface area contributed by atoms with Crippen molar-refractivity contribution in [2.45, 2.75) is 249 Å². The zero-order valence-electron chi connectivity index (χ0n) is 35.7. The molecule has 0 aromatic heterocycles. The van der Waals surface area contributed by atoms with Crippen LogP contribution in [0.2, 0.25) is 0 Å². The minimum absolute atomic E-state index is 0.105. The number of hydrogen-bond donors (Lipinski definition) is 6. The zero-order valence-corrected chi connectivity index (χ0v) is 36.6. The molecule has 0 aromatic carbocycles. The molecule has 57 heavy (non-hydrogen) atoms. The summed E-state index contributed by atoms with van der Waals surface area (Å²) in [7, 11) is -5.11. The van der Waals surface area contributed by atoms with Gasteiger partial charge in [0.15, 0.2) is 6.10 Å². The molecule has 8 atom stereocenters. The molecule has 1 aliphatic rings. The van der Waals surface area contributed by atoms with Crippen molar-refractivity contribution in [3.05, 3.63) is 0 Å². The fourth-order valence-corrected chi connectivity index (χ4v) is 8.20. The van der Waals surface area contributed by atoms with E-state index in [1.807, 2.05) is 0 Å². The minimum atomic E-state index is -5.11. The van der Waals surface area contributed by atoms with Crippen molar-refractivity contribution < 1.29 is 63.1 Å². The summed E-state index contributed by atoms with van der Waals surface area (Å²) in [6.07, 6.45) is 20.2. The molecule has 0 heterocycles. The Morgan fingerprint density at radius 2 is 0.789 bits per heavy atom. The zero-order chi connectivity index (χ0) is 42.2. The number of phosphoric ester groups is 1. The van der Waals surface area contributed by atoms with Crippen LogP contribution in [0, 0.1) is 0 Å². The van der Waals surface area contributed by atoms with Gasteiger partial charge in [-0.2, -0.15) is 0 Å². The van der Waals surface area contributed by atoms with Crippen LogP contribution in [0.15, 0.2) is 0 Å². The van der Waals surface area contributed by atoms with Gasteiger partial charge in [-0.3, -0.25) is 18.6 Å². The van der Waals surface area contributed by atoms with Gasteiger partial charge >= 0.3 is 19.8 Å². The molecule has 14 heteroatoms. The summed E-state index contributed by atoms with van der Waals surface area (Å²) < 4.78 is 33.5. The third-order valence-corrected chi connectivity index (χ3v) is 11.9. The molecule has 6 N–H and O–H groups in total. The standard InChI is InChI=1S/C43H83O13P/c1-3-5-7-9-11-13-15-16-17-18-19-20-22-24-26-28-30-32-37(45)55-35(33-53-36(44)31-29-27-25-23-21-14-12-10-8-6-4-2)34-54-57(51,52)56-43-41(49)39(47)38(46)40(48)42(43)50/h35,38-43,46-50H,3-34H2,1-2H3,(H,51,52)/t35-,38?,39-,40?,41?,42?,43?/m1/s1. The molecular weight excluding hydrogens is 755 g/mol. The molecule has 6 unspecified atom stereocenters. The monoisotopic (exact) mass is 839 g/mol. The first-order valence-corrected chi connectivity index (χ1v) is 24.3. The number of aliphatic hydroxyl groups is 5. The molecule has 0 spiro atoms. The number of ether oxygens (including phenoxy) is 2. The molecule has 0 saturated heterocycles. The van der Waals surface area contributed by atoms with Crippen LogP contribution in [0.3, 0.4) is 0 Å². The van der Waals surface area contributed by atoms with Crippen molar-refractivity contribution in [3.8, 4) is 0 Å². The van der Waals surface area contributed by atoms with Gasteiger partial charge in [0.25, 0.3) is 0 Å². The lowest BCUT2D eigenvalue weighted by molar-refractivity contribution is -0.220. The number of carbonyl (C=O) groups excluding carboxylic acids is 2. The van der Waals surface area contributed by atoms with Gasteiger partial charge in [0.2, 0.25) is 0 Å². The molecule has 1 saturated carbocycles. The van der Waals surface area contributed by atoms with Gasteiger partial charge in [0, 0.05) is 12.8 Å². The van der Waals surface area contributed by atoms with E-state index < -0.39 is 75.7 Å². The summed E-state index contributed by atoms with van der Waals surface area (Å²) in [6.45, 7) is 3.30. The van der Waals surface area contributed by atoms with Crippen molar-refractivity contribution in [2.24, 2.45) is 0 Å². The Kier molecular flexibility index (Phi) is 32.7. The van der Waals surface area contributed by atoms with Crippen LogP contribution in [-0.2, 0) is 32.7 Å². The number of phosphoric acid groups is 1. The van der Waals surface area contributed by atoms with Crippen LogP contribution in [0.1, 0.15) is 206 Å². The Labute approximate surface area is 344 Å². The summed E-state index contributed by atoms with van der Waals surface area (Å²) in [5.74, 6) is -1.09. The molecule has 1 rings (SSSR count). The minimum Gasteiger partial charge on any atom is -0.462 e. The molecule has 0 aromatic rings. The normalized spacial score (nSPS) is 22.6. The molecule has 1 fully saturated rings. The largest absolute Gasteiger partial charge is 0.472 e. The van der Waals surface area contributed by atoms with Crippen LogP contribution >= 0.6 is 7.82 Å². The lowest BCUT2D eigenvalue weighted by Gasteiger charge is -2.41. The van der Waals surface area contributed by atoms with E-state index in [1.165, 1.54) is 128 Å². The predicted molar refractivity (Wildman–Crippen MR) is 221 cm³/mol. The Balaban J connectivity index is 2.44. The van der Waals surface area contributed by atoms with Crippen LogP contribution in [-0.4, -0.2) is 98.3 Å². The maximum absolute atomic E-state index is 12.8. The summed E-state index contributed by atoms with van der Waals surface area (Å²) in [6, 6.07) is 0. The average molecular weight is 839 g/mol. The maximum atomic E-state index is 12.8. The number of esters is 2. The van der Waals surface area contributed by atoms with Crippen molar-refractivity contribution in [2.75, 3.05) is 13.2 Å². The second-order valence-electron chi connectivity index (χ2n) is 16.3. The number of rotatable bonds is 38. The highest BCUT2D eigenvalue weighted by atomic mass is 31.2. The summed E-state index contributed by atoms with van der Waals surface area (Å²) in [5.41, 5.74) is 0. The Bertz CT molecular complexity index is 1020. The van der Waals surface area contributed by atoms with E-state index in [1.54, 1.807) is 0 Å². The van der Waals surface area contributed by atoms with Gasteiger partial charge in [0.1, 0.15) is 43.2 Å². The Morgan fingerprint density at radius 3 is 1.16 bits per heavy atom. The van der Waals surface area contributed by atoms with Crippen molar-refractivity contribution in [1.82, 2.24) is 0 Å². The van der Waals surface area contributed by atoms with Gasteiger partial charge in [-0.25, -0.2) is 4.57 Å². The van der Waals surface area contributed by atoms with Crippen molar-refractivity contribution in [1.29, 1.82) is 0 Å². The van der Waals surface area contributed by atoms with Crippen molar-refractivity contribution >= 4 is 19.8 Å². The van der Waals surface area contributed by atoms with Gasteiger partial charge in [-0.05, 0) is 12.8 Å². The van der Waals surface area contributed by atoms with E-state index in [0.717, 1.165) is 38.5 Å². The molecule has 338 valence electrons. The lowest BCUT2D eigenvalue weighted by Crippen LogP contribution is -2.64. The lowest BCUT2D eigenvalue weighted by atomic mass is 9.85. The van der Waals surface area contributed by atoms with Crippen LogP contribution in [0.5, 0.6) is 0 Å². The Hall–Kier alpha value is -1.15. The predicted octanol–water partition coefficient (Wildman–Crippen LogP) is 8.50. The van der Waals surface area contributed by atoms with E-state index in [9.17, 15) is 44.6 Å². The summed E-state index contributed by atoms with van der Waals surface area (Å²) in [4.78, 5) is 35.6. The van der Waals surface area contributed by atoms with Gasteiger partial charge in [0.05, 0.1) is 6.61 Å². The third kappa shape index (κ3) is 27.3. The second kappa shape index (κ2) is 34.6. The number of carbonyl (C=O) groups is 2. The van der Waals surface area contributed by atoms with Gasteiger partial charge in [-0.15, -0.1) is 0 Å². The molecule has 0 aliphatic heterocycles. The fourth-order valence-electron chi connectivity index (χ4n) is 7.23. The fraction of sp³-hybridized carbons (Fsp3) is 0.953. The van der Waals surface area contributed by atoms with E-state index in [-0.39, 0.29) is 12.8 Å². The Morgan fingerprint density at radius 1 is 0.474 bits per heavy atom. The highest BCUT2D eigenvalue weighted by Crippen LogP contribution is 2.47. The quantitative estimate of drug-likeness (QED) is 0.0196. The topological polar surface area (TPSA) is 210 Å². The highest BCUT2D eigenvalue weighted by molar-refractivity contribution is 7.47. The van der Waals surface area contributed by atoms with E-state index in [4.69, 9.17) is 18.5 Å². The summed E-state index contributed by atoms with van der Waals surface area (Å²) >= 11 is 0. The van der Waals surface area contributed by atoms with Gasteiger partial charge < -0.3 is 39.9 Å². The molecule has 1 aliphatic carbocycles. The average Bonchev–Trinajstić information content (AvgIpc) is 3.19. The first-order valence-electron chi connectivity index (χ1n) is 22.8. The summed E-state index contributed by atoms with van der Waals surface area (Å²) in [5, 5.41) is 50.1. The first kappa shape index (κ1) is 53.9. The first-order chi connectivity index (χ1) is 27.4. The van der Waals surface area contributed by atoms with E-state index >= 15 is 0 Å². The van der Waals surface area contributed by atoms with Crippen molar-refractivity contribution in [3.63, 3.8) is 0 Å². The smallest absolute Gasteiger partial charge is 0.462 e. The number of unbranched alkanes of at least 4 members (excludes halogenated alkanes) is 26. The third-order valence-electron chi connectivity index (χ3n) is 10.9. The second-order valence-corrected chi connectivity index (χ2v) is 17.7. The maximum Gasteiger partial charge on any atom is 0.472 e. The van der Waals surface area contributed by atoms with Crippen LogP contribution in [0.4, 0.5) is 0 Å². The molecule has 0 radical (unpaired) electrons. The number of aliphatic hydroxyl groups excluding tert-OH is 5. The van der Waals surface area contributed by atoms with E-state index in [0.29, 0.717) is 12.8 Å². The SMILES string of the molecule is CCCCCCCCCCCCCCCCCCCC(=O)O[C@H](COC(=O)CCCCCCCCCCCCC)COP(=O)(O)OC1C(O)C(O)C(O)[C@@H](O)C1O. The van der Waals surface area contributed by atoms with Crippen LogP contribution in [0.25, 0.3) is 0 Å². The van der Waals surface area contributed by atoms with Gasteiger partial charge in [-0.1, -0.05) is 181 Å². The number of hydrogen-bond acceptors (Lipinski definition) is 12. The molecule has 0 amide bonds. The highest BCUT2D eigenvalue weighted by Gasteiger charge is 2.51. The molecule has 0 bridgehead atoms. The molecular formula is C43H83O13P. The van der Waals surface area contributed by atoms with E-state index in [2.05, 4.69) is 13.8 Å². The molecule has 13 nitrogen and oxygen atoms in total. The van der Waals surface area contributed by atoms with Crippen LogP contribution < -0.4 is 0 Å².